The third-order valence-corrected chi connectivity index (χ3v) is 3.84. The van der Waals surface area contributed by atoms with E-state index in [1.54, 1.807) is 11.3 Å². The smallest absolute Gasteiger partial charge is 0.0995 e. The summed E-state index contributed by atoms with van der Waals surface area (Å²) in [6.45, 7) is 1.65. The first-order valence-electron chi connectivity index (χ1n) is 6.25. The summed E-state index contributed by atoms with van der Waals surface area (Å²) in [6.07, 6.45) is 0. The van der Waals surface area contributed by atoms with Crippen LogP contribution in [0.4, 0.5) is 0 Å². The predicted molar refractivity (Wildman–Crippen MR) is 81.8 cm³/mol. The first-order valence-corrected chi connectivity index (χ1v) is 7.19. The lowest BCUT2D eigenvalue weighted by Gasteiger charge is -2.23. The van der Waals surface area contributed by atoms with Crippen molar-refractivity contribution in [1.29, 1.82) is 5.41 Å². The second-order valence-electron chi connectivity index (χ2n) is 4.75. The molecule has 0 amide bonds. The third kappa shape index (κ3) is 3.91. The summed E-state index contributed by atoms with van der Waals surface area (Å²) in [5.41, 5.74) is 8.16. The second kappa shape index (κ2) is 6.50. The lowest BCUT2D eigenvalue weighted by Crippen LogP contribution is -2.32. The summed E-state index contributed by atoms with van der Waals surface area (Å²) >= 11 is 1.71. The van der Waals surface area contributed by atoms with Crippen molar-refractivity contribution in [3.8, 4) is 0 Å². The van der Waals surface area contributed by atoms with E-state index in [-0.39, 0.29) is 11.8 Å². The molecular weight excluding hydrogens is 254 g/mol. The van der Waals surface area contributed by atoms with Crippen LogP contribution in [0, 0.1) is 5.41 Å². The Hall–Kier alpha value is -1.65. The maximum atomic E-state index is 7.79. The summed E-state index contributed by atoms with van der Waals surface area (Å²) in [4.78, 5) is 2.21. The fraction of sp³-hybridized carbons (Fsp3) is 0.267. The van der Waals surface area contributed by atoms with Crippen LogP contribution >= 0.6 is 11.3 Å². The molecule has 2 rings (SSSR count). The number of nitrogens with two attached hydrogens (primary N) is 1. The molecule has 4 heteroatoms. The number of hydrogen-bond acceptors (Lipinski definition) is 3. The van der Waals surface area contributed by atoms with E-state index < -0.39 is 0 Å². The molecule has 0 saturated carbocycles. The van der Waals surface area contributed by atoms with Gasteiger partial charge in [-0.2, -0.15) is 11.3 Å². The minimum absolute atomic E-state index is 0.0372. The van der Waals surface area contributed by atoms with E-state index in [1.807, 2.05) is 30.3 Å². The Balaban J connectivity index is 2.03. The summed E-state index contributed by atoms with van der Waals surface area (Å²) < 4.78 is 0. The van der Waals surface area contributed by atoms with E-state index in [9.17, 15) is 0 Å². The van der Waals surface area contributed by atoms with Crippen LogP contribution in [-0.2, 0) is 6.54 Å². The van der Waals surface area contributed by atoms with Crippen molar-refractivity contribution in [3.63, 3.8) is 0 Å². The SMILES string of the molecule is CN(Cc1ccsc1)CC(C(=N)N)c1ccccc1. The normalized spacial score (nSPS) is 12.5. The van der Waals surface area contributed by atoms with Crippen LogP contribution in [0.5, 0.6) is 0 Å². The molecule has 0 bridgehead atoms. The van der Waals surface area contributed by atoms with E-state index in [2.05, 4.69) is 28.8 Å². The highest BCUT2D eigenvalue weighted by atomic mass is 32.1. The number of amidine groups is 1. The molecule has 0 spiro atoms. The first-order chi connectivity index (χ1) is 9.16. The van der Waals surface area contributed by atoms with Crippen LogP contribution in [-0.4, -0.2) is 24.3 Å². The van der Waals surface area contributed by atoms with E-state index in [0.717, 1.165) is 18.7 Å². The van der Waals surface area contributed by atoms with Gasteiger partial charge in [-0.25, -0.2) is 0 Å². The van der Waals surface area contributed by atoms with Crippen molar-refractivity contribution in [2.45, 2.75) is 12.5 Å². The van der Waals surface area contributed by atoms with Crippen molar-refractivity contribution in [3.05, 3.63) is 58.3 Å². The molecule has 0 aliphatic carbocycles. The highest BCUT2D eigenvalue weighted by molar-refractivity contribution is 7.07. The highest BCUT2D eigenvalue weighted by Crippen LogP contribution is 2.18. The molecular formula is C15H19N3S. The standard InChI is InChI=1S/C15H19N3S/c1-18(9-12-7-8-19-11-12)10-14(15(16)17)13-5-3-2-4-6-13/h2-8,11,14H,9-10H2,1H3,(H3,16,17). The maximum absolute atomic E-state index is 7.79. The predicted octanol–water partition coefficient (Wildman–Crippen LogP) is 2.90. The van der Waals surface area contributed by atoms with E-state index >= 15 is 0 Å². The third-order valence-electron chi connectivity index (χ3n) is 3.10. The topological polar surface area (TPSA) is 53.1 Å². The molecule has 1 heterocycles. The molecule has 19 heavy (non-hydrogen) atoms. The molecule has 1 atom stereocenters. The molecule has 100 valence electrons. The monoisotopic (exact) mass is 273 g/mol. The lowest BCUT2D eigenvalue weighted by molar-refractivity contribution is 0.323. The number of nitrogens with zero attached hydrogens (tertiary/aromatic N) is 1. The van der Waals surface area contributed by atoms with E-state index in [4.69, 9.17) is 11.1 Å². The average molecular weight is 273 g/mol. The molecule has 1 unspecified atom stereocenters. The van der Waals surface area contributed by atoms with Gasteiger partial charge in [-0.1, -0.05) is 30.3 Å². The van der Waals surface area contributed by atoms with E-state index in [1.165, 1.54) is 5.56 Å². The van der Waals surface area contributed by atoms with Gasteiger partial charge in [-0.15, -0.1) is 0 Å². The fourth-order valence-electron chi connectivity index (χ4n) is 2.14. The zero-order valence-corrected chi connectivity index (χ0v) is 11.9. The van der Waals surface area contributed by atoms with Gasteiger partial charge in [0.2, 0.25) is 0 Å². The van der Waals surface area contributed by atoms with Crippen LogP contribution in [0.3, 0.4) is 0 Å². The summed E-state index contributed by atoms with van der Waals surface area (Å²) in [7, 11) is 2.07. The van der Waals surface area contributed by atoms with Crippen LogP contribution < -0.4 is 5.73 Å². The van der Waals surface area contributed by atoms with Crippen LogP contribution in [0.15, 0.2) is 47.2 Å². The molecule has 0 fully saturated rings. The summed E-state index contributed by atoms with van der Waals surface area (Å²) in [5.74, 6) is 0.188. The zero-order valence-electron chi connectivity index (χ0n) is 11.0. The largest absolute Gasteiger partial charge is 0.387 e. The van der Waals surface area contributed by atoms with Crippen molar-refractivity contribution in [2.75, 3.05) is 13.6 Å². The molecule has 1 aromatic carbocycles. The number of likely N-dealkylation sites (N-methyl/N-ethyl adjacent to an activating group) is 1. The first kappa shape index (κ1) is 13.8. The molecule has 0 aliphatic rings. The highest BCUT2D eigenvalue weighted by Gasteiger charge is 2.17. The van der Waals surface area contributed by atoms with Gasteiger partial charge in [0.05, 0.1) is 11.8 Å². The lowest BCUT2D eigenvalue weighted by atomic mass is 9.97. The number of nitrogens with one attached hydrogen (secondary N) is 1. The van der Waals surface area contributed by atoms with Gasteiger partial charge in [0.25, 0.3) is 0 Å². The van der Waals surface area contributed by atoms with Crippen molar-refractivity contribution in [2.24, 2.45) is 5.73 Å². The van der Waals surface area contributed by atoms with Crippen molar-refractivity contribution >= 4 is 17.2 Å². The minimum Gasteiger partial charge on any atom is -0.387 e. The number of thiophene rings is 1. The van der Waals surface area contributed by atoms with Crippen LogP contribution in [0.2, 0.25) is 0 Å². The van der Waals surface area contributed by atoms with Crippen LogP contribution in [0.1, 0.15) is 17.0 Å². The Morgan fingerprint density at radius 1 is 1.32 bits per heavy atom. The Kier molecular flexibility index (Phi) is 4.71. The Morgan fingerprint density at radius 2 is 2.05 bits per heavy atom. The fourth-order valence-corrected chi connectivity index (χ4v) is 2.80. The van der Waals surface area contributed by atoms with Crippen molar-refractivity contribution in [1.82, 2.24) is 4.90 Å². The van der Waals surface area contributed by atoms with Crippen LogP contribution in [0.25, 0.3) is 0 Å². The van der Waals surface area contributed by atoms with Gasteiger partial charge < -0.3 is 10.6 Å². The van der Waals surface area contributed by atoms with Gasteiger partial charge in [0.15, 0.2) is 0 Å². The van der Waals surface area contributed by atoms with E-state index in [0.29, 0.717) is 0 Å². The van der Waals surface area contributed by atoms with Gasteiger partial charge in [0.1, 0.15) is 0 Å². The Bertz CT molecular complexity index is 507. The number of benzene rings is 1. The molecule has 2 aromatic rings. The quantitative estimate of drug-likeness (QED) is 0.628. The molecule has 1 aromatic heterocycles. The minimum atomic E-state index is -0.0372. The Labute approximate surface area is 118 Å². The van der Waals surface area contributed by atoms with Gasteiger partial charge in [-0.3, -0.25) is 5.41 Å². The van der Waals surface area contributed by atoms with Gasteiger partial charge in [0, 0.05) is 13.1 Å². The number of rotatable bonds is 6. The molecule has 3 nitrogen and oxygen atoms in total. The second-order valence-corrected chi connectivity index (χ2v) is 5.53. The van der Waals surface area contributed by atoms with Crippen molar-refractivity contribution < 1.29 is 0 Å². The molecule has 0 radical (unpaired) electrons. The average Bonchev–Trinajstić information content (AvgIpc) is 2.89. The zero-order chi connectivity index (χ0) is 13.7. The molecule has 0 aliphatic heterocycles. The maximum Gasteiger partial charge on any atom is 0.0995 e. The van der Waals surface area contributed by atoms with Gasteiger partial charge in [-0.05, 0) is 35.0 Å². The van der Waals surface area contributed by atoms with Gasteiger partial charge >= 0.3 is 0 Å². The molecule has 3 N–H and O–H groups in total. The molecule has 0 saturated heterocycles. The summed E-state index contributed by atoms with van der Waals surface area (Å²) in [5, 5.41) is 12.0. The summed E-state index contributed by atoms with van der Waals surface area (Å²) in [6, 6.07) is 12.2. The number of hydrogen-bond donors (Lipinski definition) is 2. The Morgan fingerprint density at radius 3 is 2.63 bits per heavy atom.